The minimum atomic E-state index is 0.695. The van der Waals surface area contributed by atoms with Crippen LogP contribution in [-0.2, 0) is 4.74 Å². The maximum atomic E-state index is 5.38. The largest absolute Gasteiger partial charge is 0.381 e. The van der Waals surface area contributed by atoms with Crippen molar-refractivity contribution >= 4 is 0 Å². The molecule has 1 atom stereocenters. The first-order valence-electron chi connectivity index (χ1n) is 5.54. The Kier molecular flexibility index (Phi) is 8.46. The fourth-order valence-corrected chi connectivity index (χ4v) is 1.35. The maximum Gasteiger partial charge on any atom is 0.0491 e. The van der Waals surface area contributed by atoms with Gasteiger partial charge < -0.3 is 9.64 Å². The average Bonchev–Trinajstić information content (AvgIpc) is 2.16. The van der Waals surface area contributed by atoms with Crippen LogP contribution >= 0.6 is 0 Å². The van der Waals surface area contributed by atoms with Crippen LogP contribution in [0.2, 0.25) is 0 Å². The van der Waals surface area contributed by atoms with E-state index in [-0.39, 0.29) is 0 Å². The van der Waals surface area contributed by atoms with E-state index in [1.165, 1.54) is 13.0 Å². The summed E-state index contributed by atoms with van der Waals surface area (Å²) in [6.07, 6.45) is 1.25. The Morgan fingerprint density at radius 3 is 2.23 bits per heavy atom. The number of rotatable bonds is 8. The van der Waals surface area contributed by atoms with Gasteiger partial charge in [0.25, 0.3) is 0 Å². The monoisotopic (exact) mass is 187 g/mol. The van der Waals surface area contributed by atoms with Crippen LogP contribution in [0, 0.1) is 5.92 Å². The zero-order chi connectivity index (χ0) is 10.1. The lowest BCUT2D eigenvalue weighted by Crippen LogP contribution is -2.26. The minimum Gasteiger partial charge on any atom is -0.381 e. The Balaban J connectivity index is 3.38. The molecule has 0 spiro atoms. The van der Waals surface area contributed by atoms with Crippen molar-refractivity contribution < 1.29 is 4.74 Å². The van der Waals surface area contributed by atoms with Crippen LogP contribution in [0.25, 0.3) is 0 Å². The summed E-state index contributed by atoms with van der Waals surface area (Å²) < 4.78 is 5.38. The Bertz CT molecular complexity index is 102. The Hall–Kier alpha value is -0.0800. The highest BCUT2D eigenvalue weighted by Crippen LogP contribution is 2.04. The van der Waals surface area contributed by atoms with Gasteiger partial charge in [0, 0.05) is 13.2 Å². The van der Waals surface area contributed by atoms with Crippen molar-refractivity contribution in [2.45, 2.75) is 34.1 Å². The third-order valence-electron chi connectivity index (χ3n) is 2.44. The quantitative estimate of drug-likeness (QED) is 0.578. The molecular formula is C11H25NO. The standard InChI is InChI=1S/C11H25NO/c1-5-12(6-2)9-8-11(4)10-13-7-3/h11H,5-10H2,1-4H3. The van der Waals surface area contributed by atoms with Crippen LogP contribution in [0.5, 0.6) is 0 Å². The molecule has 0 aromatic carbocycles. The van der Waals surface area contributed by atoms with Gasteiger partial charge in [-0.1, -0.05) is 20.8 Å². The molecule has 0 amide bonds. The summed E-state index contributed by atoms with van der Waals surface area (Å²) in [4.78, 5) is 2.46. The predicted molar refractivity (Wildman–Crippen MR) is 58.1 cm³/mol. The molecule has 0 aliphatic carbocycles. The number of ether oxygens (including phenoxy) is 1. The van der Waals surface area contributed by atoms with Gasteiger partial charge in [-0.25, -0.2) is 0 Å². The molecule has 0 heterocycles. The van der Waals surface area contributed by atoms with Crippen LogP contribution < -0.4 is 0 Å². The predicted octanol–water partition coefficient (Wildman–Crippen LogP) is 2.39. The highest BCUT2D eigenvalue weighted by atomic mass is 16.5. The topological polar surface area (TPSA) is 12.5 Å². The lowest BCUT2D eigenvalue weighted by molar-refractivity contribution is 0.108. The second-order valence-corrected chi connectivity index (χ2v) is 3.58. The van der Waals surface area contributed by atoms with Crippen LogP contribution in [0.4, 0.5) is 0 Å². The molecule has 0 bridgehead atoms. The van der Waals surface area contributed by atoms with Gasteiger partial charge in [0.1, 0.15) is 0 Å². The van der Waals surface area contributed by atoms with Gasteiger partial charge >= 0.3 is 0 Å². The number of hydrogen-bond donors (Lipinski definition) is 0. The van der Waals surface area contributed by atoms with Crippen LogP contribution in [0.1, 0.15) is 34.1 Å². The molecule has 0 aliphatic heterocycles. The molecule has 0 aromatic heterocycles. The van der Waals surface area contributed by atoms with Gasteiger partial charge in [0.2, 0.25) is 0 Å². The third kappa shape index (κ3) is 7.03. The Morgan fingerprint density at radius 2 is 1.77 bits per heavy atom. The van der Waals surface area contributed by atoms with Crippen molar-refractivity contribution in [3.05, 3.63) is 0 Å². The van der Waals surface area contributed by atoms with E-state index in [2.05, 4.69) is 32.6 Å². The molecule has 2 nitrogen and oxygen atoms in total. The highest BCUT2D eigenvalue weighted by Gasteiger charge is 2.04. The van der Waals surface area contributed by atoms with E-state index in [0.717, 1.165) is 26.3 Å². The molecule has 0 aliphatic rings. The van der Waals surface area contributed by atoms with Crippen LogP contribution in [0.3, 0.4) is 0 Å². The second kappa shape index (κ2) is 8.52. The lowest BCUT2D eigenvalue weighted by Gasteiger charge is -2.20. The smallest absolute Gasteiger partial charge is 0.0491 e. The van der Waals surface area contributed by atoms with Gasteiger partial charge in [0.15, 0.2) is 0 Å². The summed E-state index contributed by atoms with van der Waals surface area (Å²) in [6.45, 7) is 14.0. The molecule has 0 saturated heterocycles. The molecule has 80 valence electrons. The van der Waals surface area contributed by atoms with Gasteiger partial charge in [-0.05, 0) is 38.9 Å². The molecule has 0 radical (unpaired) electrons. The first-order valence-corrected chi connectivity index (χ1v) is 5.54. The molecule has 0 N–H and O–H groups in total. The molecule has 13 heavy (non-hydrogen) atoms. The van der Waals surface area contributed by atoms with Crippen molar-refractivity contribution in [3.63, 3.8) is 0 Å². The zero-order valence-corrected chi connectivity index (χ0v) is 9.68. The summed E-state index contributed by atoms with van der Waals surface area (Å²) in [7, 11) is 0. The van der Waals surface area contributed by atoms with Crippen LogP contribution in [0.15, 0.2) is 0 Å². The van der Waals surface area contributed by atoms with Crippen molar-refractivity contribution in [1.29, 1.82) is 0 Å². The van der Waals surface area contributed by atoms with E-state index in [9.17, 15) is 0 Å². The molecule has 0 rings (SSSR count). The van der Waals surface area contributed by atoms with E-state index in [4.69, 9.17) is 4.74 Å². The van der Waals surface area contributed by atoms with Gasteiger partial charge in [-0.2, -0.15) is 0 Å². The van der Waals surface area contributed by atoms with Crippen molar-refractivity contribution in [2.24, 2.45) is 5.92 Å². The highest BCUT2D eigenvalue weighted by molar-refractivity contribution is 4.57. The van der Waals surface area contributed by atoms with E-state index in [1.807, 2.05) is 0 Å². The third-order valence-corrected chi connectivity index (χ3v) is 2.44. The molecular weight excluding hydrogens is 162 g/mol. The zero-order valence-electron chi connectivity index (χ0n) is 9.68. The number of nitrogens with zero attached hydrogens (tertiary/aromatic N) is 1. The maximum absolute atomic E-state index is 5.38. The van der Waals surface area contributed by atoms with Gasteiger partial charge in [-0.15, -0.1) is 0 Å². The van der Waals surface area contributed by atoms with E-state index >= 15 is 0 Å². The van der Waals surface area contributed by atoms with Crippen molar-refractivity contribution in [2.75, 3.05) is 32.8 Å². The average molecular weight is 187 g/mol. The summed E-state index contributed by atoms with van der Waals surface area (Å²) in [5.41, 5.74) is 0. The molecule has 0 fully saturated rings. The summed E-state index contributed by atoms with van der Waals surface area (Å²) in [5, 5.41) is 0. The fourth-order valence-electron chi connectivity index (χ4n) is 1.35. The van der Waals surface area contributed by atoms with Gasteiger partial charge in [0.05, 0.1) is 0 Å². The van der Waals surface area contributed by atoms with E-state index in [0.29, 0.717) is 5.92 Å². The second-order valence-electron chi connectivity index (χ2n) is 3.58. The molecule has 2 heteroatoms. The minimum absolute atomic E-state index is 0.695. The van der Waals surface area contributed by atoms with E-state index < -0.39 is 0 Å². The Morgan fingerprint density at radius 1 is 1.15 bits per heavy atom. The van der Waals surface area contributed by atoms with Crippen LogP contribution in [-0.4, -0.2) is 37.7 Å². The molecule has 0 saturated carbocycles. The molecule has 0 aromatic rings. The fraction of sp³-hybridized carbons (Fsp3) is 1.00. The van der Waals surface area contributed by atoms with Crippen molar-refractivity contribution in [3.8, 4) is 0 Å². The van der Waals surface area contributed by atoms with E-state index in [1.54, 1.807) is 0 Å². The number of hydrogen-bond acceptors (Lipinski definition) is 2. The first-order chi connectivity index (χ1) is 6.24. The summed E-state index contributed by atoms with van der Waals surface area (Å²) in [6, 6.07) is 0. The first kappa shape index (κ1) is 12.9. The SMILES string of the molecule is CCOCC(C)CCN(CC)CC. The van der Waals surface area contributed by atoms with Gasteiger partial charge in [-0.3, -0.25) is 0 Å². The van der Waals surface area contributed by atoms with Crippen molar-refractivity contribution in [1.82, 2.24) is 4.90 Å². The molecule has 1 unspecified atom stereocenters. The summed E-state index contributed by atoms with van der Waals surface area (Å²) >= 11 is 0. The summed E-state index contributed by atoms with van der Waals surface area (Å²) in [5.74, 6) is 0.695. The normalized spacial score (nSPS) is 13.6. The lowest BCUT2D eigenvalue weighted by atomic mass is 10.1. The Labute approximate surface area is 83.3 Å².